The van der Waals surface area contributed by atoms with Gasteiger partial charge in [-0.2, -0.15) is 0 Å². The highest BCUT2D eigenvalue weighted by Gasteiger charge is 2.22. The van der Waals surface area contributed by atoms with Crippen molar-refractivity contribution in [2.24, 2.45) is 16.1 Å². The summed E-state index contributed by atoms with van der Waals surface area (Å²) in [7, 11) is 0. The Kier molecular flexibility index (Phi) is 4.46. The number of nitrogens with zero attached hydrogens (tertiary/aromatic N) is 3. The van der Waals surface area contributed by atoms with Crippen molar-refractivity contribution >= 4 is 22.5 Å². The minimum absolute atomic E-state index is 0.00379. The molecule has 0 bridgehead atoms. The van der Waals surface area contributed by atoms with Crippen LogP contribution in [0.5, 0.6) is 5.88 Å². The van der Waals surface area contributed by atoms with Crippen LogP contribution in [-0.2, 0) is 11.3 Å². The van der Waals surface area contributed by atoms with Crippen LogP contribution in [0, 0.1) is 12.8 Å². The Morgan fingerprint density at radius 2 is 2.04 bits per heavy atom. The molecule has 122 valence electrons. The number of rotatable bonds is 3. The number of hydrogen-bond donors (Lipinski definition) is 1. The zero-order chi connectivity index (χ0) is 16.4. The molecular weight excluding hydrogens is 290 g/mol. The van der Waals surface area contributed by atoms with Crippen LogP contribution in [0.15, 0.2) is 28.4 Å². The highest BCUT2D eigenvalue weighted by Crippen LogP contribution is 2.39. The molecule has 1 aromatic heterocycles. The molecule has 2 aromatic rings. The summed E-state index contributed by atoms with van der Waals surface area (Å²) in [6.07, 6.45) is 5.18. The van der Waals surface area contributed by atoms with Gasteiger partial charge in [0.2, 0.25) is 5.88 Å². The van der Waals surface area contributed by atoms with E-state index in [1.54, 1.807) is 4.57 Å². The Labute approximate surface area is 136 Å². The third-order valence-corrected chi connectivity index (χ3v) is 4.68. The van der Waals surface area contributed by atoms with Gasteiger partial charge in [-0.3, -0.25) is 4.79 Å². The lowest BCUT2D eigenvalue weighted by molar-refractivity contribution is -0.122. The maximum Gasteiger partial charge on any atom is 0.267 e. The predicted octanol–water partition coefficient (Wildman–Crippen LogP) is 4.87. The molecule has 1 saturated carbocycles. The van der Waals surface area contributed by atoms with Crippen LogP contribution in [-0.4, -0.2) is 15.6 Å². The average molecular weight is 313 g/mol. The zero-order valence-corrected chi connectivity index (χ0v) is 13.7. The molecule has 1 N–H and O–H groups in total. The number of aromatic hydroxyl groups is 1. The van der Waals surface area contributed by atoms with Gasteiger partial charge in [0.05, 0.1) is 5.52 Å². The van der Waals surface area contributed by atoms with Gasteiger partial charge in [-0.15, -0.1) is 10.2 Å². The predicted molar refractivity (Wildman–Crippen MR) is 90.1 cm³/mol. The van der Waals surface area contributed by atoms with E-state index in [2.05, 4.69) is 10.2 Å². The summed E-state index contributed by atoms with van der Waals surface area (Å²) in [6, 6.07) is 5.94. The van der Waals surface area contributed by atoms with E-state index in [-0.39, 0.29) is 17.7 Å². The normalized spacial score (nSPS) is 16.4. The van der Waals surface area contributed by atoms with Crippen LogP contribution in [0.2, 0.25) is 0 Å². The van der Waals surface area contributed by atoms with Crippen molar-refractivity contribution in [2.75, 3.05) is 0 Å². The van der Waals surface area contributed by atoms with Crippen molar-refractivity contribution in [3.8, 4) is 5.88 Å². The van der Waals surface area contributed by atoms with Gasteiger partial charge in [-0.25, -0.2) is 0 Å². The lowest BCUT2D eigenvalue weighted by Crippen LogP contribution is -2.15. The summed E-state index contributed by atoms with van der Waals surface area (Å²) in [4.78, 5) is 12.2. The average Bonchev–Trinajstić information content (AvgIpc) is 2.83. The third-order valence-electron chi connectivity index (χ3n) is 4.68. The Bertz CT molecular complexity index is 755. The summed E-state index contributed by atoms with van der Waals surface area (Å²) in [6.45, 7) is 4.60. The van der Waals surface area contributed by atoms with Crippen molar-refractivity contribution in [3.63, 3.8) is 0 Å². The van der Waals surface area contributed by atoms with E-state index in [0.29, 0.717) is 12.2 Å². The summed E-state index contributed by atoms with van der Waals surface area (Å²) >= 11 is 0. The lowest BCUT2D eigenvalue weighted by Gasteiger charge is -2.17. The summed E-state index contributed by atoms with van der Waals surface area (Å²) in [5.74, 6) is -0.0849. The Morgan fingerprint density at radius 3 is 2.74 bits per heavy atom. The fourth-order valence-corrected chi connectivity index (χ4v) is 3.39. The monoisotopic (exact) mass is 313 g/mol. The van der Waals surface area contributed by atoms with E-state index in [1.807, 2.05) is 32.0 Å². The Balaban J connectivity index is 1.95. The molecule has 1 fully saturated rings. The van der Waals surface area contributed by atoms with Crippen molar-refractivity contribution < 1.29 is 9.90 Å². The van der Waals surface area contributed by atoms with Crippen LogP contribution in [0.25, 0.3) is 10.9 Å². The lowest BCUT2D eigenvalue weighted by atomic mass is 9.89. The molecule has 1 aliphatic rings. The Hall–Kier alpha value is -2.17. The highest BCUT2D eigenvalue weighted by atomic mass is 16.3. The van der Waals surface area contributed by atoms with Gasteiger partial charge in [0, 0.05) is 17.8 Å². The van der Waals surface area contributed by atoms with Gasteiger partial charge in [0.25, 0.3) is 5.91 Å². The largest absolute Gasteiger partial charge is 0.493 e. The Morgan fingerprint density at radius 1 is 1.30 bits per heavy atom. The number of carbonyl (C=O) groups excluding carboxylic acids is 1. The number of fused-ring (bicyclic) bond motifs is 1. The van der Waals surface area contributed by atoms with Crippen LogP contribution >= 0.6 is 0 Å². The first-order valence-corrected chi connectivity index (χ1v) is 8.39. The van der Waals surface area contributed by atoms with Crippen molar-refractivity contribution in [2.45, 2.75) is 52.5 Å². The zero-order valence-electron chi connectivity index (χ0n) is 13.7. The second kappa shape index (κ2) is 6.52. The van der Waals surface area contributed by atoms with E-state index >= 15 is 0 Å². The maximum absolute atomic E-state index is 12.2. The fourth-order valence-electron chi connectivity index (χ4n) is 3.39. The molecule has 0 radical (unpaired) electrons. The second-order valence-electron chi connectivity index (χ2n) is 6.31. The highest BCUT2D eigenvalue weighted by molar-refractivity contribution is 5.95. The molecule has 23 heavy (non-hydrogen) atoms. The topological polar surface area (TPSA) is 66.9 Å². The number of azo groups is 1. The van der Waals surface area contributed by atoms with Crippen LogP contribution < -0.4 is 0 Å². The second-order valence-corrected chi connectivity index (χ2v) is 6.31. The number of benzene rings is 1. The van der Waals surface area contributed by atoms with E-state index in [9.17, 15) is 9.90 Å². The first-order chi connectivity index (χ1) is 11.1. The summed E-state index contributed by atoms with van der Waals surface area (Å²) < 4.78 is 1.79. The van der Waals surface area contributed by atoms with Gasteiger partial charge >= 0.3 is 0 Å². The molecule has 0 saturated heterocycles. The van der Waals surface area contributed by atoms with Crippen molar-refractivity contribution in [3.05, 3.63) is 23.8 Å². The number of hydrogen-bond acceptors (Lipinski definition) is 3. The molecule has 1 heterocycles. The van der Waals surface area contributed by atoms with Gasteiger partial charge in [-0.1, -0.05) is 30.9 Å². The molecule has 1 aliphatic carbocycles. The van der Waals surface area contributed by atoms with E-state index in [0.717, 1.165) is 42.1 Å². The molecule has 0 spiro atoms. The molecular formula is C18H23N3O2. The van der Waals surface area contributed by atoms with Crippen LogP contribution in [0.4, 0.5) is 5.69 Å². The first kappa shape index (κ1) is 15.7. The van der Waals surface area contributed by atoms with Gasteiger partial charge < -0.3 is 9.67 Å². The van der Waals surface area contributed by atoms with E-state index < -0.39 is 0 Å². The summed E-state index contributed by atoms with van der Waals surface area (Å²) in [5.41, 5.74) is 2.39. The van der Waals surface area contributed by atoms with Gasteiger partial charge in [0.1, 0.15) is 0 Å². The quantitative estimate of drug-likeness (QED) is 0.822. The van der Waals surface area contributed by atoms with Crippen LogP contribution in [0.1, 0.15) is 44.6 Å². The molecule has 1 aromatic carbocycles. The molecule has 0 atom stereocenters. The van der Waals surface area contributed by atoms with E-state index in [4.69, 9.17) is 0 Å². The molecule has 5 nitrogen and oxygen atoms in total. The van der Waals surface area contributed by atoms with Gasteiger partial charge in [-0.05, 0) is 38.8 Å². The molecule has 3 rings (SSSR count). The van der Waals surface area contributed by atoms with Crippen LogP contribution in [0.3, 0.4) is 0 Å². The number of amides is 1. The van der Waals surface area contributed by atoms with Crippen molar-refractivity contribution in [1.29, 1.82) is 0 Å². The molecule has 0 unspecified atom stereocenters. The van der Waals surface area contributed by atoms with Gasteiger partial charge in [0.15, 0.2) is 5.69 Å². The van der Waals surface area contributed by atoms with E-state index in [1.165, 1.54) is 6.42 Å². The molecule has 1 amide bonds. The first-order valence-electron chi connectivity index (χ1n) is 8.39. The minimum Gasteiger partial charge on any atom is -0.493 e. The smallest absolute Gasteiger partial charge is 0.267 e. The third kappa shape index (κ3) is 3.00. The summed E-state index contributed by atoms with van der Waals surface area (Å²) in [5, 5.41) is 19.3. The number of aryl methyl sites for hydroxylation is 2. The standard InChI is InChI=1S/C18H23N3O2/c1-3-21-15-10-9-12(2)11-14(15)16(18(21)23)19-20-17(22)13-7-5-4-6-8-13/h9-11,13,23H,3-8H2,1-2H3. The number of carbonyl (C=O) groups is 1. The SMILES string of the molecule is CCn1c(O)c(N=NC(=O)C2CCCCC2)c2cc(C)ccc21. The minimum atomic E-state index is -0.158. The number of aromatic nitrogens is 1. The maximum atomic E-state index is 12.2. The molecule has 0 aliphatic heterocycles. The van der Waals surface area contributed by atoms with Crippen molar-refractivity contribution in [1.82, 2.24) is 4.57 Å². The molecule has 5 heteroatoms. The fraction of sp³-hybridized carbons (Fsp3) is 0.500.